The number of benzene rings is 1. The average molecular weight is 309 g/mol. The molecular formula is C15H13F2NO4. The number of nitrogens with one attached hydrogen (secondary N) is 1. The van der Waals surface area contributed by atoms with E-state index in [0.29, 0.717) is 0 Å². The van der Waals surface area contributed by atoms with E-state index in [1.54, 1.807) is 0 Å². The van der Waals surface area contributed by atoms with E-state index in [9.17, 15) is 18.4 Å². The number of methoxy groups -OCH3 is 1. The van der Waals surface area contributed by atoms with Crippen LogP contribution in [-0.2, 0) is 15.1 Å². The number of carbonyl (C=O) groups excluding carboxylic acids is 2. The Morgan fingerprint density at radius 1 is 1.27 bits per heavy atom. The third-order valence-electron chi connectivity index (χ3n) is 3.21. The van der Waals surface area contributed by atoms with Crippen molar-refractivity contribution in [2.45, 2.75) is 12.5 Å². The van der Waals surface area contributed by atoms with Gasteiger partial charge >= 0.3 is 5.97 Å². The summed E-state index contributed by atoms with van der Waals surface area (Å²) >= 11 is 0. The lowest BCUT2D eigenvalue weighted by molar-refractivity contribution is -0.148. The highest BCUT2D eigenvalue weighted by molar-refractivity contribution is 5.98. The first-order valence-electron chi connectivity index (χ1n) is 6.27. The Balaban J connectivity index is 2.46. The standard InChI is InChI=1S/C15H13F2NO4/c1-15(14(20)21-2,11-7-10(16)3-4-12(11)17)18-13(19)9-5-6-22-8-9/h3-8H,1-2H3,(H,18,19)/t15-/m1/s1. The minimum Gasteiger partial charge on any atom is -0.472 e. The van der Waals surface area contributed by atoms with Crippen molar-refractivity contribution < 1.29 is 27.5 Å². The van der Waals surface area contributed by atoms with Gasteiger partial charge < -0.3 is 14.5 Å². The molecular weight excluding hydrogens is 296 g/mol. The number of amides is 1. The second-order valence-corrected chi connectivity index (χ2v) is 4.71. The first kappa shape index (κ1) is 15.7. The fourth-order valence-corrected chi connectivity index (χ4v) is 2.01. The molecule has 1 atom stereocenters. The van der Waals surface area contributed by atoms with Gasteiger partial charge in [-0.25, -0.2) is 13.6 Å². The smallest absolute Gasteiger partial charge is 0.336 e. The minimum absolute atomic E-state index is 0.131. The van der Waals surface area contributed by atoms with Gasteiger partial charge in [-0.2, -0.15) is 0 Å². The van der Waals surface area contributed by atoms with Crippen molar-refractivity contribution >= 4 is 11.9 Å². The third-order valence-corrected chi connectivity index (χ3v) is 3.21. The van der Waals surface area contributed by atoms with Crippen LogP contribution in [0.5, 0.6) is 0 Å². The molecule has 2 rings (SSSR count). The Labute approximate surface area is 124 Å². The molecule has 116 valence electrons. The molecule has 5 nitrogen and oxygen atoms in total. The SMILES string of the molecule is COC(=O)[C@](C)(NC(=O)c1ccoc1)c1cc(F)ccc1F. The van der Waals surface area contributed by atoms with E-state index in [1.807, 2.05) is 0 Å². The zero-order valence-electron chi connectivity index (χ0n) is 11.9. The topological polar surface area (TPSA) is 68.5 Å². The molecule has 1 N–H and O–H groups in total. The Bertz CT molecular complexity index is 700. The van der Waals surface area contributed by atoms with Gasteiger partial charge in [0.05, 0.1) is 18.9 Å². The number of hydrogen-bond acceptors (Lipinski definition) is 4. The van der Waals surface area contributed by atoms with E-state index >= 15 is 0 Å². The van der Waals surface area contributed by atoms with Gasteiger partial charge in [-0.05, 0) is 31.2 Å². The summed E-state index contributed by atoms with van der Waals surface area (Å²) in [6.07, 6.45) is 2.43. The van der Waals surface area contributed by atoms with Gasteiger partial charge in [0.2, 0.25) is 0 Å². The first-order chi connectivity index (χ1) is 10.4. The lowest BCUT2D eigenvalue weighted by atomic mass is 9.91. The second kappa shape index (κ2) is 5.97. The molecule has 0 aliphatic heterocycles. The molecule has 0 unspecified atom stereocenters. The zero-order chi connectivity index (χ0) is 16.3. The summed E-state index contributed by atoms with van der Waals surface area (Å²) in [5, 5.41) is 2.35. The quantitative estimate of drug-likeness (QED) is 0.880. The predicted molar refractivity (Wildman–Crippen MR) is 71.9 cm³/mol. The van der Waals surface area contributed by atoms with Crippen molar-refractivity contribution in [3.8, 4) is 0 Å². The molecule has 0 saturated carbocycles. The van der Waals surface area contributed by atoms with Gasteiger partial charge in [0.15, 0.2) is 5.54 Å². The van der Waals surface area contributed by atoms with Gasteiger partial charge in [0, 0.05) is 5.56 Å². The number of rotatable bonds is 4. The zero-order valence-corrected chi connectivity index (χ0v) is 11.9. The molecule has 1 aromatic heterocycles. The molecule has 0 radical (unpaired) electrons. The summed E-state index contributed by atoms with van der Waals surface area (Å²) in [5.74, 6) is -3.22. The largest absolute Gasteiger partial charge is 0.472 e. The van der Waals surface area contributed by atoms with Crippen LogP contribution in [0.15, 0.2) is 41.2 Å². The summed E-state index contributed by atoms with van der Waals surface area (Å²) in [6, 6.07) is 3.99. The van der Waals surface area contributed by atoms with E-state index in [1.165, 1.54) is 19.3 Å². The lowest BCUT2D eigenvalue weighted by Crippen LogP contribution is -2.50. The van der Waals surface area contributed by atoms with E-state index in [4.69, 9.17) is 4.42 Å². The maximum atomic E-state index is 14.0. The Kier molecular flexibility index (Phi) is 4.25. The van der Waals surface area contributed by atoms with E-state index < -0.39 is 29.0 Å². The summed E-state index contributed by atoms with van der Waals surface area (Å²) < 4.78 is 36.8. The molecule has 0 fully saturated rings. The number of esters is 1. The molecule has 22 heavy (non-hydrogen) atoms. The highest BCUT2D eigenvalue weighted by Gasteiger charge is 2.41. The summed E-state index contributed by atoms with van der Waals surface area (Å²) in [7, 11) is 1.09. The highest BCUT2D eigenvalue weighted by Crippen LogP contribution is 2.26. The molecule has 1 heterocycles. The minimum atomic E-state index is -1.89. The number of halogens is 2. The van der Waals surface area contributed by atoms with Gasteiger partial charge in [-0.1, -0.05) is 0 Å². The molecule has 1 aromatic carbocycles. The number of furan rings is 1. The van der Waals surface area contributed by atoms with Crippen molar-refractivity contribution in [3.63, 3.8) is 0 Å². The number of ether oxygens (including phenoxy) is 1. The van der Waals surface area contributed by atoms with Crippen molar-refractivity contribution in [3.05, 3.63) is 59.6 Å². The van der Waals surface area contributed by atoms with Crippen LogP contribution in [0, 0.1) is 11.6 Å². The van der Waals surface area contributed by atoms with Crippen LogP contribution in [0.1, 0.15) is 22.8 Å². The fourth-order valence-electron chi connectivity index (χ4n) is 2.01. The highest BCUT2D eigenvalue weighted by atomic mass is 19.1. The molecule has 7 heteroatoms. The van der Waals surface area contributed by atoms with E-state index in [2.05, 4.69) is 10.1 Å². The molecule has 0 bridgehead atoms. The van der Waals surface area contributed by atoms with Gasteiger partial charge in [0.1, 0.15) is 17.9 Å². The maximum absolute atomic E-state index is 14.0. The summed E-state index contributed by atoms with van der Waals surface area (Å²) in [4.78, 5) is 24.2. The Morgan fingerprint density at radius 2 is 2.00 bits per heavy atom. The normalized spacial score (nSPS) is 13.3. The number of hydrogen-bond donors (Lipinski definition) is 1. The molecule has 0 aliphatic rings. The molecule has 0 spiro atoms. The van der Waals surface area contributed by atoms with Crippen LogP contribution < -0.4 is 5.32 Å². The summed E-state index contributed by atoms with van der Waals surface area (Å²) in [5.41, 5.74) is -2.10. The van der Waals surface area contributed by atoms with Gasteiger partial charge in [-0.3, -0.25) is 4.79 Å². The Morgan fingerprint density at radius 3 is 2.59 bits per heavy atom. The van der Waals surface area contributed by atoms with Crippen LogP contribution in [0.2, 0.25) is 0 Å². The van der Waals surface area contributed by atoms with Crippen molar-refractivity contribution in [1.29, 1.82) is 0 Å². The molecule has 1 amide bonds. The van der Waals surface area contributed by atoms with Gasteiger partial charge in [-0.15, -0.1) is 0 Å². The monoisotopic (exact) mass is 309 g/mol. The van der Waals surface area contributed by atoms with Crippen LogP contribution in [0.3, 0.4) is 0 Å². The van der Waals surface area contributed by atoms with Crippen LogP contribution in [-0.4, -0.2) is 19.0 Å². The molecule has 0 saturated heterocycles. The second-order valence-electron chi connectivity index (χ2n) is 4.71. The lowest BCUT2D eigenvalue weighted by Gasteiger charge is -2.28. The van der Waals surface area contributed by atoms with Crippen molar-refractivity contribution in [2.24, 2.45) is 0 Å². The predicted octanol–water partition coefficient (Wildman–Crippen LogP) is 2.38. The van der Waals surface area contributed by atoms with Crippen molar-refractivity contribution in [2.75, 3.05) is 7.11 Å². The molecule has 0 aliphatic carbocycles. The van der Waals surface area contributed by atoms with Crippen LogP contribution >= 0.6 is 0 Å². The van der Waals surface area contributed by atoms with Crippen molar-refractivity contribution in [1.82, 2.24) is 5.32 Å². The van der Waals surface area contributed by atoms with Crippen LogP contribution in [0.25, 0.3) is 0 Å². The van der Waals surface area contributed by atoms with E-state index in [-0.39, 0.29) is 11.1 Å². The van der Waals surface area contributed by atoms with E-state index in [0.717, 1.165) is 31.6 Å². The van der Waals surface area contributed by atoms with Gasteiger partial charge in [0.25, 0.3) is 5.91 Å². The first-order valence-corrected chi connectivity index (χ1v) is 6.27. The maximum Gasteiger partial charge on any atom is 0.336 e. The third kappa shape index (κ3) is 2.83. The average Bonchev–Trinajstić information content (AvgIpc) is 3.03. The van der Waals surface area contributed by atoms with Crippen LogP contribution in [0.4, 0.5) is 8.78 Å². The number of carbonyl (C=O) groups is 2. The molecule has 2 aromatic rings. The summed E-state index contributed by atoms with van der Waals surface area (Å²) in [6.45, 7) is 1.23. The Hall–Kier alpha value is -2.70. The fraction of sp³-hybridized carbons (Fsp3) is 0.200.